The van der Waals surface area contributed by atoms with Crippen LogP contribution >= 0.6 is 11.6 Å². The number of carbonyl (C=O) groups excluding carboxylic acids is 1. The van der Waals surface area contributed by atoms with Crippen molar-refractivity contribution in [3.05, 3.63) is 28.3 Å². The number of carbonyl (C=O) groups is 1. The van der Waals surface area contributed by atoms with Crippen molar-refractivity contribution >= 4 is 33.0 Å². The Kier molecular flexibility index (Phi) is 5.70. The number of nitrogens with zero attached hydrogens (tertiary/aromatic N) is 1. The molecule has 0 aromatic heterocycles. The van der Waals surface area contributed by atoms with Crippen LogP contribution in [0.3, 0.4) is 0 Å². The van der Waals surface area contributed by atoms with E-state index >= 15 is 0 Å². The minimum atomic E-state index is -2.96. The fraction of sp³-hybridized carbons (Fsp3) is 0.562. The molecular formula is C16H23ClN2O3S. The lowest BCUT2D eigenvalue weighted by Gasteiger charge is -2.26. The van der Waals surface area contributed by atoms with Crippen molar-refractivity contribution in [3.8, 4) is 0 Å². The van der Waals surface area contributed by atoms with Crippen LogP contribution in [0, 0.1) is 13.8 Å². The first-order valence-electron chi connectivity index (χ1n) is 7.73. The van der Waals surface area contributed by atoms with Crippen LogP contribution in [0.15, 0.2) is 12.1 Å². The quantitative estimate of drug-likeness (QED) is 0.877. The Morgan fingerprint density at radius 3 is 2.61 bits per heavy atom. The monoisotopic (exact) mass is 358 g/mol. The van der Waals surface area contributed by atoms with E-state index in [4.69, 9.17) is 11.6 Å². The Bertz CT molecular complexity index is 680. The maximum absolute atomic E-state index is 12.3. The van der Waals surface area contributed by atoms with E-state index in [1.807, 2.05) is 37.8 Å². The SMILES string of the molecule is CCN(CC(=O)Nc1c(C)cc(C)cc1Cl)C1CCS(=O)(=O)C1. The van der Waals surface area contributed by atoms with Gasteiger partial charge < -0.3 is 5.32 Å². The minimum absolute atomic E-state index is 0.0784. The molecule has 1 aromatic rings. The van der Waals surface area contributed by atoms with E-state index in [-0.39, 0.29) is 30.0 Å². The molecule has 2 rings (SSSR count). The second kappa shape index (κ2) is 7.20. The van der Waals surface area contributed by atoms with Crippen LogP contribution in [0.25, 0.3) is 0 Å². The van der Waals surface area contributed by atoms with E-state index in [2.05, 4.69) is 5.32 Å². The molecule has 1 aromatic carbocycles. The van der Waals surface area contributed by atoms with Gasteiger partial charge in [-0.2, -0.15) is 0 Å². The first-order chi connectivity index (χ1) is 10.7. The largest absolute Gasteiger partial charge is 0.323 e. The highest BCUT2D eigenvalue weighted by Gasteiger charge is 2.32. The van der Waals surface area contributed by atoms with Gasteiger partial charge in [0.25, 0.3) is 0 Å². The third-order valence-electron chi connectivity index (χ3n) is 4.17. The van der Waals surface area contributed by atoms with Gasteiger partial charge in [0.2, 0.25) is 5.91 Å². The van der Waals surface area contributed by atoms with Gasteiger partial charge in [0.15, 0.2) is 9.84 Å². The summed E-state index contributed by atoms with van der Waals surface area (Å²) >= 11 is 6.21. The Morgan fingerprint density at radius 2 is 2.09 bits per heavy atom. The average molecular weight is 359 g/mol. The standard InChI is InChI=1S/C16H23ClN2O3S/c1-4-19(13-5-6-23(21,22)10-13)9-15(20)18-16-12(3)7-11(2)8-14(16)17/h7-8,13H,4-6,9-10H2,1-3H3,(H,18,20). The molecule has 1 aliphatic heterocycles. The van der Waals surface area contributed by atoms with Crippen molar-refractivity contribution in [1.29, 1.82) is 0 Å². The van der Waals surface area contributed by atoms with Gasteiger partial charge in [-0.15, -0.1) is 0 Å². The molecule has 1 atom stereocenters. The molecule has 1 saturated heterocycles. The number of sulfone groups is 1. The molecule has 1 amide bonds. The smallest absolute Gasteiger partial charge is 0.238 e. The molecule has 5 nitrogen and oxygen atoms in total. The van der Waals surface area contributed by atoms with E-state index in [0.29, 0.717) is 23.7 Å². The fourth-order valence-electron chi connectivity index (χ4n) is 3.00. The van der Waals surface area contributed by atoms with E-state index in [1.165, 1.54) is 0 Å². The molecule has 7 heteroatoms. The lowest BCUT2D eigenvalue weighted by molar-refractivity contribution is -0.117. The van der Waals surface area contributed by atoms with Gasteiger partial charge in [-0.3, -0.25) is 9.69 Å². The van der Waals surface area contributed by atoms with Crippen LogP contribution in [0.4, 0.5) is 5.69 Å². The molecule has 0 saturated carbocycles. The number of rotatable bonds is 5. The molecule has 1 heterocycles. The molecule has 128 valence electrons. The summed E-state index contributed by atoms with van der Waals surface area (Å²) in [7, 11) is -2.96. The van der Waals surface area contributed by atoms with Gasteiger partial charge in [-0.1, -0.05) is 24.6 Å². The number of likely N-dealkylation sites (N-methyl/N-ethyl adjacent to an activating group) is 1. The summed E-state index contributed by atoms with van der Waals surface area (Å²) in [5.74, 6) is 0.168. The Hall–Kier alpha value is -1.11. The van der Waals surface area contributed by atoms with Gasteiger partial charge in [0, 0.05) is 6.04 Å². The zero-order valence-electron chi connectivity index (χ0n) is 13.7. The van der Waals surface area contributed by atoms with E-state index in [1.54, 1.807) is 0 Å². The maximum atomic E-state index is 12.3. The number of benzene rings is 1. The number of hydrogen-bond donors (Lipinski definition) is 1. The molecule has 1 unspecified atom stereocenters. The molecule has 0 aliphatic carbocycles. The summed E-state index contributed by atoms with van der Waals surface area (Å²) in [6.07, 6.45) is 0.591. The lowest BCUT2D eigenvalue weighted by Crippen LogP contribution is -2.41. The first kappa shape index (κ1) is 18.2. The highest BCUT2D eigenvalue weighted by Crippen LogP contribution is 2.27. The summed E-state index contributed by atoms with van der Waals surface area (Å²) in [5.41, 5.74) is 2.57. The number of nitrogens with one attached hydrogen (secondary N) is 1. The highest BCUT2D eigenvalue weighted by atomic mass is 35.5. The summed E-state index contributed by atoms with van der Waals surface area (Å²) in [6, 6.07) is 3.69. The highest BCUT2D eigenvalue weighted by molar-refractivity contribution is 7.91. The van der Waals surface area contributed by atoms with Crippen molar-refractivity contribution in [2.75, 3.05) is 29.9 Å². The normalized spacial score (nSPS) is 20.0. The van der Waals surface area contributed by atoms with Crippen LogP contribution < -0.4 is 5.32 Å². The Labute approximate surface area is 142 Å². The van der Waals surface area contributed by atoms with Gasteiger partial charge >= 0.3 is 0 Å². The zero-order valence-corrected chi connectivity index (χ0v) is 15.3. The Morgan fingerprint density at radius 1 is 1.39 bits per heavy atom. The van der Waals surface area contributed by atoms with Crippen molar-refractivity contribution in [3.63, 3.8) is 0 Å². The van der Waals surface area contributed by atoms with Crippen LogP contribution in [0.5, 0.6) is 0 Å². The Balaban J connectivity index is 2.04. The average Bonchev–Trinajstić information content (AvgIpc) is 2.80. The molecule has 1 fully saturated rings. The van der Waals surface area contributed by atoms with Gasteiger partial charge in [-0.25, -0.2) is 8.42 Å². The van der Waals surface area contributed by atoms with Crippen LogP contribution in [0.2, 0.25) is 5.02 Å². The lowest BCUT2D eigenvalue weighted by atomic mass is 10.1. The first-order valence-corrected chi connectivity index (χ1v) is 9.93. The van der Waals surface area contributed by atoms with Crippen molar-refractivity contribution in [2.45, 2.75) is 33.2 Å². The second-order valence-corrected chi connectivity index (χ2v) is 8.74. The summed E-state index contributed by atoms with van der Waals surface area (Å²) < 4.78 is 23.2. The second-order valence-electron chi connectivity index (χ2n) is 6.11. The van der Waals surface area contributed by atoms with Crippen LogP contribution in [-0.2, 0) is 14.6 Å². The topological polar surface area (TPSA) is 66.5 Å². The van der Waals surface area contributed by atoms with Gasteiger partial charge in [0.05, 0.1) is 28.8 Å². The number of amides is 1. The molecule has 0 spiro atoms. The molecule has 1 N–H and O–H groups in total. The van der Waals surface area contributed by atoms with Crippen LogP contribution in [0.1, 0.15) is 24.5 Å². The van der Waals surface area contributed by atoms with E-state index in [0.717, 1.165) is 11.1 Å². The molecule has 23 heavy (non-hydrogen) atoms. The third-order valence-corrected chi connectivity index (χ3v) is 6.22. The van der Waals surface area contributed by atoms with Crippen molar-refractivity contribution < 1.29 is 13.2 Å². The molecule has 1 aliphatic rings. The fourth-order valence-corrected chi connectivity index (χ4v) is 5.13. The summed E-state index contributed by atoms with van der Waals surface area (Å²) in [5, 5.41) is 3.37. The number of hydrogen-bond acceptors (Lipinski definition) is 4. The summed E-state index contributed by atoms with van der Waals surface area (Å²) in [6.45, 7) is 6.58. The molecular weight excluding hydrogens is 336 g/mol. The molecule has 0 bridgehead atoms. The summed E-state index contributed by atoms with van der Waals surface area (Å²) in [4.78, 5) is 14.2. The number of anilines is 1. The van der Waals surface area contributed by atoms with Gasteiger partial charge in [-0.05, 0) is 44.0 Å². The number of aryl methyl sites for hydroxylation is 2. The maximum Gasteiger partial charge on any atom is 0.238 e. The van der Waals surface area contributed by atoms with Crippen molar-refractivity contribution in [1.82, 2.24) is 4.90 Å². The van der Waals surface area contributed by atoms with E-state index < -0.39 is 9.84 Å². The zero-order chi connectivity index (χ0) is 17.2. The van der Waals surface area contributed by atoms with E-state index in [9.17, 15) is 13.2 Å². The predicted octanol–water partition coefficient (Wildman–Crippen LogP) is 2.40. The minimum Gasteiger partial charge on any atom is -0.323 e. The molecule has 0 radical (unpaired) electrons. The predicted molar refractivity (Wildman–Crippen MR) is 93.9 cm³/mol. The van der Waals surface area contributed by atoms with Crippen LogP contribution in [-0.4, -0.2) is 49.9 Å². The van der Waals surface area contributed by atoms with Crippen molar-refractivity contribution in [2.24, 2.45) is 0 Å². The number of halogens is 1. The van der Waals surface area contributed by atoms with Gasteiger partial charge in [0.1, 0.15) is 0 Å². The third kappa shape index (κ3) is 4.68.